The van der Waals surface area contributed by atoms with Gasteiger partial charge in [0.2, 0.25) is 0 Å². The van der Waals surface area contributed by atoms with Crippen LogP contribution in [0.2, 0.25) is 5.02 Å². The van der Waals surface area contributed by atoms with Gasteiger partial charge in [-0.1, -0.05) is 17.7 Å². The van der Waals surface area contributed by atoms with Crippen molar-refractivity contribution in [2.24, 2.45) is 0 Å². The van der Waals surface area contributed by atoms with Crippen LogP contribution in [0, 0.1) is 17.1 Å². The summed E-state index contributed by atoms with van der Waals surface area (Å²) in [5, 5.41) is 8.77. The molecule has 21 heavy (non-hydrogen) atoms. The number of benzene rings is 2. The van der Waals surface area contributed by atoms with Crippen molar-refractivity contribution in [3.8, 4) is 6.07 Å². The number of rotatable bonds is 3. The van der Waals surface area contributed by atoms with Gasteiger partial charge in [0.1, 0.15) is 10.7 Å². The molecule has 2 aromatic carbocycles. The molecule has 0 aliphatic heterocycles. The summed E-state index contributed by atoms with van der Waals surface area (Å²) in [4.78, 5) is -0.386. The molecule has 0 spiro atoms. The molecular weight excluding hydrogens is 317 g/mol. The Bertz CT molecular complexity index is 847. The predicted octanol–water partition coefficient (Wildman–Crippen LogP) is 2.73. The van der Waals surface area contributed by atoms with Crippen molar-refractivity contribution in [2.75, 3.05) is 10.5 Å². The summed E-state index contributed by atoms with van der Waals surface area (Å²) in [6.07, 6.45) is 0. The largest absolute Gasteiger partial charge is 0.395 e. The molecule has 8 heteroatoms. The van der Waals surface area contributed by atoms with Gasteiger partial charge in [-0.15, -0.1) is 0 Å². The number of nitriles is 1. The maximum absolute atomic E-state index is 13.3. The molecule has 108 valence electrons. The molecule has 0 saturated carbocycles. The second-order valence-corrected chi connectivity index (χ2v) is 6.12. The van der Waals surface area contributed by atoms with Crippen LogP contribution in [0.3, 0.4) is 0 Å². The summed E-state index contributed by atoms with van der Waals surface area (Å²) in [5.74, 6) is -0.830. The molecule has 0 heterocycles. The van der Waals surface area contributed by atoms with Crippen LogP contribution in [-0.4, -0.2) is 8.42 Å². The van der Waals surface area contributed by atoms with Crippen molar-refractivity contribution in [3.63, 3.8) is 0 Å². The molecule has 3 N–H and O–H groups in total. The quantitative estimate of drug-likeness (QED) is 0.848. The Kier molecular flexibility index (Phi) is 4.02. The monoisotopic (exact) mass is 325 g/mol. The second-order valence-electron chi connectivity index (χ2n) is 4.06. The normalized spacial score (nSPS) is 10.9. The molecule has 0 radical (unpaired) electrons. The van der Waals surface area contributed by atoms with Crippen LogP contribution in [0.15, 0.2) is 41.3 Å². The zero-order valence-corrected chi connectivity index (χ0v) is 12.0. The highest BCUT2D eigenvalue weighted by Gasteiger charge is 2.20. The molecule has 0 aromatic heterocycles. The van der Waals surface area contributed by atoms with Crippen molar-refractivity contribution >= 4 is 33.0 Å². The van der Waals surface area contributed by atoms with E-state index in [0.29, 0.717) is 0 Å². The highest BCUT2D eigenvalue weighted by atomic mass is 35.5. The predicted molar refractivity (Wildman–Crippen MR) is 77.8 cm³/mol. The highest BCUT2D eigenvalue weighted by Crippen LogP contribution is 2.28. The van der Waals surface area contributed by atoms with Gasteiger partial charge in [-0.2, -0.15) is 5.26 Å². The summed E-state index contributed by atoms with van der Waals surface area (Å²) < 4.78 is 40.0. The molecule has 2 rings (SSSR count). The summed E-state index contributed by atoms with van der Waals surface area (Å²) >= 11 is 5.89. The van der Waals surface area contributed by atoms with Crippen molar-refractivity contribution < 1.29 is 12.8 Å². The zero-order valence-electron chi connectivity index (χ0n) is 10.5. The van der Waals surface area contributed by atoms with E-state index in [0.717, 1.165) is 6.07 Å². The van der Waals surface area contributed by atoms with E-state index in [4.69, 9.17) is 22.6 Å². The first kappa shape index (κ1) is 15.1. The fraction of sp³-hybridized carbons (Fsp3) is 0. The lowest BCUT2D eigenvalue weighted by molar-refractivity contribution is 0.597. The van der Waals surface area contributed by atoms with Gasteiger partial charge in [0.15, 0.2) is 0 Å². The first-order chi connectivity index (χ1) is 9.85. The minimum Gasteiger partial charge on any atom is -0.395 e. The molecule has 0 unspecified atom stereocenters. The molecular formula is C13H9ClFN3O2S. The molecule has 2 aromatic rings. The lowest BCUT2D eigenvalue weighted by Gasteiger charge is -2.11. The first-order valence-corrected chi connectivity index (χ1v) is 7.48. The molecule has 5 nitrogen and oxygen atoms in total. The zero-order chi connectivity index (χ0) is 15.6. The van der Waals surface area contributed by atoms with Gasteiger partial charge in [0.25, 0.3) is 10.0 Å². The average molecular weight is 326 g/mol. The Labute approximate surface area is 125 Å². The lowest BCUT2D eigenvalue weighted by Crippen LogP contribution is -2.15. The van der Waals surface area contributed by atoms with Crippen LogP contribution in [0.4, 0.5) is 15.8 Å². The third kappa shape index (κ3) is 3.07. The van der Waals surface area contributed by atoms with Crippen LogP contribution in [-0.2, 0) is 10.0 Å². The summed E-state index contributed by atoms with van der Waals surface area (Å²) in [6.45, 7) is 0. The number of nitrogens with zero attached hydrogens (tertiary/aromatic N) is 1. The van der Waals surface area contributed by atoms with Gasteiger partial charge < -0.3 is 5.73 Å². The number of sulfonamides is 1. The van der Waals surface area contributed by atoms with Gasteiger partial charge in [0.05, 0.1) is 28.0 Å². The van der Waals surface area contributed by atoms with Crippen LogP contribution < -0.4 is 10.5 Å². The minimum absolute atomic E-state index is 0.0487. The summed E-state index contributed by atoms with van der Waals surface area (Å²) in [5.41, 5.74) is 5.31. The third-order valence-electron chi connectivity index (χ3n) is 2.64. The SMILES string of the molecule is N#Cc1ccc(NS(=O)(=O)c2cccc(F)c2N)c(Cl)c1. The van der Waals surface area contributed by atoms with Gasteiger partial charge in [0, 0.05) is 0 Å². The Balaban J connectivity index is 2.43. The summed E-state index contributed by atoms with van der Waals surface area (Å²) in [7, 11) is -4.09. The van der Waals surface area contributed by atoms with Crippen LogP contribution >= 0.6 is 11.6 Å². The van der Waals surface area contributed by atoms with Crippen LogP contribution in [0.1, 0.15) is 5.56 Å². The molecule has 0 saturated heterocycles. The average Bonchev–Trinajstić information content (AvgIpc) is 2.43. The second kappa shape index (κ2) is 5.60. The Morgan fingerprint density at radius 1 is 1.29 bits per heavy atom. The van der Waals surface area contributed by atoms with Gasteiger partial charge >= 0.3 is 0 Å². The molecule has 0 aliphatic rings. The number of hydrogen-bond donors (Lipinski definition) is 2. The van der Waals surface area contributed by atoms with Gasteiger partial charge in [-0.05, 0) is 30.3 Å². The summed E-state index contributed by atoms with van der Waals surface area (Å²) in [6, 6.07) is 9.41. The highest BCUT2D eigenvalue weighted by molar-refractivity contribution is 7.92. The van der Waals surface area contributed by atoms with Crippen LogP contribution in [0.25, 0.3) is 0 Å². The van der Waals surface area contributed by atoms with E-state index in [-0.39, 0.29) is 21.2 Å². The van der Waals surface area contributed by atoms with Gasteiger partial charge in [-0.25, -0.2) is 12.8 Å². The molecule has 0 fully saturated rings. The maximum atomic E-state index is 13.3. The number of nitrogens with two attached hydrogens (primary N) is 1. The number of para-hydroxylation sites is 1. The van der Waals surface area contributed by atoms with Crippen molar-refractivity contribution in [1.82, 2.24) is 0 Å². The lowest BCUT2D eigenvalue weighted by atomic mass is 10.2. The molecule has 0 aliphatic carbocycles. The van der Waals surface area contributed by atoms with E-state index in [2.05, 4.69) is 4.72 Å². The Morgan fingerprint density at radius 2 is 2.00 bits per heavy atom. The van der Waals surface area contributed by atoms with E-state index in [9.17, 15) is 12.8 Å². The van der Waals surface area contributed by atoms with E-state index in [1.54, 1.807) is 0 Å². The maximum Gasteiger partial charge on any atom is 0.264 e. The fourth-order valence-electron chi connectivity index (χ4n) is 1.62. The number of nitrogen functional groups attached to an aromatic ring is 1. The van der Waals surface area contributed by atoms with E-state index < -0.39 is 21.5 Å². The molecule has 0 amide bonds. The number of halogens is 2. The van der Waals surface area contributed by atoms with E-state index in [1.807, 2.05) is 6.07 Å². The first-order valence-electron chi connectivity index (χ1n) is 5.61. The standard InChI is InChI=1S/C13H9ClFN3O2S/c14-9-6-8(7-16)4-5-11(9)18-21(19,20)12-3-1-2-10(15)13(12)17/h1-6,18H,17H2. The smallest absolute Gasteiger partial charge is 0.264 e. The minimum atomic E-state index is -4.09. The van der Waals surface area contributed by atoms with Gasteiger partial charge in [-0.3, -0.25) is 4.72 Å². The number of hydrogen-bond acceptors (Lipinski definition) is 4. The topological polar surface area (TPSA) is 96.0 Å². The Hall–Kier alpha value is -2.30. The number of nitrogens with one attached hydrogen (secondary N) is 1. The third-order valence-corrected chi connectivity index (χ3v) is 4.38. The molecule has 0 atom stereocenters. The van der Waals surface area contributed by atoms with E-state index in [1.165, 1.54) is 30.3 Å². The fourth-order valence-corrected chi connectivity index (χ4v) is 3.12. The van der Waals surface area contributed by atoms with Crippen molar-refractivity contribution in [2.45, 2.75) is 4.90 Å². The molecule has 0 bridgehead atoms. The van der Waals surface area contributed by atoms with Crippen LogP contribution in [0.5, 0.6) is 0 Å². The van der Waals surface area contributed by atoms with E-state index >= 15 is 0 Å². The number of anilines is 2. The Morgan fingerprint density at radius 3 is 2.62 bits per heavy atom. The van der Waals surface area contributed by atoms with Crippen molar-refractivity contribution in [1.29, 1.82) is 5.26 Å². The van der Waals surface area contributed by atoms with Crippen molar-refractivity contribution in [3.05, 3.63) is 52.8 Å².